The third-order valence-corrected chi connectivity index (χ3v) is 3.77. The molecule has 0 aliphatic heterocycles. The Balaban J connectivity index is 2.83. The monoisotopic (exact) mass is 254 g/mol. The summed E-state index contributed by atoms with van der Waals surface area (Å²) in [6.07, 6.45) is 1.15. The van der Waals surface area contributed by atoms with Crippen LogP contribution in [0.15, 0.2) is 0 Å². The van der Waals surface area contributed by atoms with Crippen LogP contribution in [0.4, 0.5) is 5.95 Å². The van der Waals surface area contributed by atoms with Gasteiger partial charge >= 0.3 is 0 Å². The molecule has 0 radical (unpaired) electrons. The van der Waals surface area contributed by atoms with Gasteiger partial charge in [-0.3, -0.25) is 0 Å². The van der Waals surface area contributed by atoms with E-state index in [1.165, 1.54) is 0 Å². The number of nitrogen functional groups attached to an aromatic ring is 1. The van der Waals surface area contributed by atoms with Crippen molar-refractivity contribution in [2.45, 2.75) is 57.5 Å². The van der Waals surface area contributed by atoms with Crippen LogP contribution in [0.2, 0.25) is 0 Å². The van der Waals surface area contributed by atoms with Crippen LogP contribution in [0, 0.1) is 0 Å². The van der Waals surface area contributed by atoms with E-state index in [1.807, 2.05) is 11.8 Å². The predicted molar refractivity (Wildman–Crippen MR) is 74.0 cm³/mol. The highest BCUT2D eigenvalue weighted by molar-refractivity contribution is 7.99. The predicted octanol–water partition coefficient (Wildman–Crippen LogP) is 2.78. The molecule has 5 heteroatoms. The zero-order valence-electron chi connectivity index (χ0n) is 11.3. The number of aromatic nitrogens is 3. The molecule has 96 valence electrons. The summed E-state index contributed by atoms with van der Waals surface area (Å²) in [5, 5.41) is 0.617. The summed E-state index contributed by atoms with van der Waals surface area (Å²) in [5.74, 6) is 2.67. The summed E-state index contributed by atoms with van der Waals surface area (Å²) >= 11 is 1.85. The molecule has 1 aromatic heterocycles. The lowest BCUT2D eigenvalue weighted by molar-refractivity contribution is 0.539. The largest absolute Gasteiger partial charge is 0.368 e. The lowest BCUT2D eigenvalue weighted by atomic mass is 9.96. The Hall–Kier alpha value is -0.840. The van der Waals surface area contributed by atoms with Gasteiger partial charge in [0, 0.05) is 10.7 Å². The smallest absolute Gasteiger partial charge is 0.223 e. The van der Waals surface area contributed by atoms with Crippen LogP contribution in [0.5, 0.6) is 0 Å². The van der Waals surface area contributed by atoms with Gasteiger partial charge in [-0.1, -0.05) is 34.6 Å². The molecule has 1 atom stereocenters. The third kappa shape index (κ3) is 4.50. The molecule has 1 rings (SSSR count). The van der Waals surface area contributed by atoms with Gasteiger partial charge < -0.3 is 5.73 Å². The van der Waals surface area contributed by atoms with E-state index >= 15 is 0 Å². The normalized spacial score (nSPS) is 13.7. The van der Waals surface area contributed by atoms with Gasteiger partial charge in [0.2, 0.25) is 5.95 Å². The summed E-state index contributed by atoms with van der Waals surface area (Å²) < 4.78 is 0. The summed E-state index contributed by atoms with van der Waals surface area (Å²) in [5.41, 5.74) is 5.63. The number of rotatable bonds is 4. The Morgan fingerprint density at radius 3 is 2.41 bits per heavy atom. The zero-order chi connectivity index (χ0) is 13.1. The van der Waals surface area contributed by atoms with E-state index in [-0.39, 0.29) is 5.41 Å². The summed E-state index contributed by atoms with van der Waals surface area (Å²) in [6.45, 7) is 10.6. The second kappa shape index (κ2) is 5.67. The Labute approximate surface area is 108 Å². The average molecular weight is 254 g/mol. The van der Waals surface area contributed by atoms with Crippen molar-refractivity contribution < 1.29 is 0 Å². The van der Waals surface area contributed by atoms with Gasteiger partial charge in [0.1, 0.15) is 11.6 Å². The summed E-state index contributed by atoms with van der Waals surface area (Å²) in [6, 6.07) is 0. The van der Waals surface area contributed by atoms with Crippen LogP contribution in [-0.2, 0) is 11.2 Å². The van der Waals surface area contributed by atoms with E-state index in [1.54, 1.807) is 0 Å². The first-order valence-electron chi connectivity index (χ1n) is 5.95. The van der Waals surface area contributed by atoms with Gasteiger partial charge in [0.25, 0.3) is 0 Å². The van der Waals surface area contributed by atoms with Crippen molar-refractivity contribution in [3.63, 3.8) is 0 Å². The minimum atomic E-state index is -0.0904. The van der Waals surface area contributed by atoms with E-state index in [4.69, 9.17) is 5.73 Å². The van der Waals surface area contributed by atoms with Crippen molar-refractivity contribution in [3.8, 4) is 0 Å². The highest BCUT2D eigenvalue weighted by Crippen LogP contribution is 2.21. The first-order valence-corrected chi connectivity index (χ1v) is 7.00. The molecule has 0 amide bonds. The van der Waals surface area contributed by atoms with Crippen molar-refractivity contribution in [3.05, 3.63) is 11.6 Å². The second-order valence-electron chi connectivity index (χ2n) is 5.21. The molecular formula is C12H22N4S. The van der Waals surface area contributed by atoms with Crippen LogP contribution in [0.25, 0.3) is 0 Å². The Morgan fingerprint density at radius 2 is 1.88 bits per heavy atom. The molecule has 0 fully saturated rings. The number of hydrogen-bond acceptors (Lipinski definition) is 5. The van der Waals surface area contributed by atoms with Crippen LogP contribution in [-0.4, -0.2) is 20.2 Å². The van der Waals surface area contributed by atoms with Crippen molar-refractivity contribution >= 4 is 17.7 Å². The van der Waals surface area contributed by atoms with Gasteiger partial charge in [-0.15, -0.1) is 0 Å². The molecule has 4 nitrogen and oxygen atoms in total. The van der Waals surface area contributed by atoms with E-state index in [9.17, 15) is 0 Å². The Kier molecular flexibility index (Phi) is 4.74. The fourth-order valence-corrected chi connectivity index (χ4v) is 1.97. The number of thioether (sulfide) groups is 1. The molecule has 1 unspecified atom stereocenters. The summed E-state index contributed by atoms with van der Waals surface area (Å²) in [7, 11) is 0. The van der Waals surface area contributed by atoms with Crippen molar-refractivity contribution in [1.82, 2.24) is 15.0 Å². The van der Waals surface area contributed by atoms with E-state index in [0.29, 0.717) is 11.2 Å². The lowest BCUT2D eigenvalue weighted by Gasteiger charge is -2.17. The first-order chi connectivity index (χ1) is 7.82. The third-order valence-electron chi connectivity index (χ3n) is 2.44. The Bertz CT molecular complexity index is 373. The van der Waals surface area contributed by atoms with Gasteiger partial charge in [-0.05, 0) is 6.42 Å². The van der Waals surface area contributed by atoms with Gasteiger partial charge in [0.15, 0.2) is 0 Å². The minimum absolute atomic E-state index is 0.0904. The fraction of sp³-hybridized carbons (Fsp3) is 0.750. The molecule has 0 spiro atoms. The highest BCUT2D eigenvalue weighted by Gasteiger charge is 2.19. The maximum Gasteiger partial charge on any atom is 0.223 e. The minimum Gasteiger partial charge on any atom is -0.368 e. The Morgan fingerprint density at radius 1 is 1.24 bits per heavy atom. The topological polar surface area (TPSA) is 64.7 Å². The quantitative estimate of drug-likeness (QED) is 0.895. The van der Waals surface area contributed by atoms with E-state index < -0.39 is 0 Å². The zero-order valence-corrected chi connectivity index (χ0v) is 12.1. The number of hydrogen-bond donors (Lipinski definition) is 1. The number of anilines is 1. The van der Waals surface area contributed by atoms with Crippen molar-refractivity contribution in [1.29, 1.82) is 0 Å². The number of nitrogens with zero attached hydrogens (tertiary/aromatic N) is 3. The average Bonchev–Trinajstić information content (AvgIpc) is 2.24. The molecule has 0 aromatic carbocycles. The summed E-state index contributed by atoms with van der Waals surface area (Å²) in [4.78, 5) is 12.9. The van der Waals surface area contributed by atoms with Gasteiger partial charge in [0.05, 0.1) is 5.75 Å². The van der Waals surface area contributed by atoms with Gasteiger partial charge in [-0.2, -0.15) is 21.7 Å². The van der Waals surface area contributed by atoms with Crippen molar-refractivity contribution in [2.75, 3.05) is 5.73 Å². The fourth-order valence-electron chi connectivity index (χ4n) is 1.17. The van der Waals surface area contributed by atoms with E-state index in [2.05, 4.69) is 49.6 Å². The number of nitrogens with two attached hydrogens (primary N) is 1. The molecule has 0 bridgehead atoms. The molecule has 17 heavy (non-hydrogen) atoms. The van der Waals surface area contributed by atoms with Crippen LogP contribution >= 0.6 is 11.8 Å². The molecular weight excluding hydrogens is 232 g/mol. The van der Waals surface area contributed by atoms with Gasteiger partial charge in [-0.25, -0.2) is 4.98 Å². The first kappa shape index (κ1) is 14.2. The lowest BCUT2D eigenvalue weighted by Crippen LogP contribution is -2.19. The molecule has 0 saturated heterocycles. The molecule has 0 aliphatic carbocycles. The maximum atomic E-state index is 5.72. The molecule has 1 aromatic rings. The van der Waals surface area contributed by atoms with Crippen LogP contribution < -0.4 is 5.73 Å². The molecule has 0 aliphatic rings. The van der Waals surface area contributed by atoms with E-state index in [0.717, 1.165) is 23.8 Å². The second-order valence-corrected chi connectivity index (χ2v) is 6.64. The van der Waals surface area contributed by atoms with Crippen molar-refractivity contribution in [2.24, 2.45) is 0 Å². The molecule has 2 N–H and O–H groups in total. The van der Waals surface area contributed by atoms with Crippen LogP contribution in [0.1, 0.15) is 52.7 Å². The highest BCUT2D eigenvalue weighted by atomic mass is 32.2. The molecule has 0 saturated carbocycles. The maximum absolute atomic E-state index is 5.72. The SMILES string of the molecule is CCC(C)SCc1nc(N)nc(C(C)(C)C)n1. The molecule has 1 heterocycles. The van der Waals surface area contributed by atoms with Crippen LogP contribution in [0.3, 0.4) is 0 Å². The standard InChI is InChI=1S/C12H22N4S/c1-6-8(2)17-7-9-14-10(12(3,4)5)16-11(13)15-9/h8H,6-7H2,1-5H3,(H2,13,14,15,16).